The second kappa shape index (κ2) is 8.84. The maximum absolute atomic E-state index is 12.7. The third-order valence-electron chi connectivity index (χ3n) is 4.12. The molecule has 0 bridgehead atoms. The van der Waals surface area contributed by atoms with E-state index >= 15 is 0 Å². The van der Waals surface area contributed by atoms with E-state index in [1.165, 1.54) is 4.31 Å². The number of amides is 1. The van der Waals surface area contributed by atoms with Crippen molar-refractivity contribution < 1.29 is 17.9 Å². The molecule has 0 aromatic heterocycles. The van der Waals surface area contributed by atoms with Crippen LogP contribution in [0.4, 0.5) is 0 Å². The van der Waals surface area contributed by atoms with Crippen LogP contribution >= 0.6 is 11.6 Å². The monoisotopic (exact) mass is 389 g/mol. The van der Waals surface area contributed by atoms with E-state index in [1.807, 2.05) is 0 Å². The lowest BCUT2D eigenvalue weighted by molar-refractivity contribution is -0.120. The average molecular weight is 390 g/mol. The molecule has 7 nitrogen and oxygen atoms in total. The van der Waals surface area contributed by atoms with Crippen LogP contribution in [0.25, 0.3) is 0 Å². The van der Waals surface area contributed by atoms with Gasteiger partial charge in [0.2, 0.25) is 15.9 Å². The third kappa shape index (κ3) is 5.31. The van der Waals surface area contributed by atoms with Gasteiger partial charge in [-0.1, -0.05) is 0 Å². The fourth-order valence-electron chi connectivity index (χ4n) is 2.57. The Bertz CT molecular complexity index is 671. The van der Waals surface area contributed by atoms with Gasteiger partial charge in [-0.2, -0.15) is 4.31 Å². The number of carbonyl (C=O) groups excluding carboxylic acids is 1. The summed E-state index contributed by atoms with van der Waals surface area (Å²) in [7, 11) is -1.95. The molecule has 0 aliphatic carbocycles. The highest BCUT2D eigenvalue weighted by atomic mass is 35.5. The zero-order valence-corrected chi connectivity index (χ0v) is 16.0. The first-order valence-electron chi connectivity index (χ1n) is 8.13. The molecular formula is C16H24ClN3O4S. The van der Waals surface area contributed by atoms with Crippen LogP contribution < -0.4 is 10.1 Å². The number of nitrogens with zero attached hydrogens (tertiary/aromatic N) is 2. The van der Waals surface area contributed by atoms with Gasteiger partial charge in [-0.05, 0) is 31.2 Å². The van der Waals surface area contributed by atoms with Crippen LogP contribution in [0.15, 0.2) is 29.2 Å². The highest BCUT2D eigenvalue weighted by Crippen LogP contribution is 2.20. The molecule has 1 aromatic rings. The normalized spacial score (nSPS) is 17.9. The summed E-state index contributed by atoms with van der Waals surface area (Å²) in [6, 6.07) is 6.40. The van der Waals surface area contributed by atoms with Gasteiger partial charge in [0.05, 0.1) is 12.0 Å². The number of alkyl halides is 1. The smallest absolute Gasteiger partial charge is 0.243 e. The predicted molar refractivity (Wildman–Crippen MR) is 96.5 cm³/mol. The number of nitrogens with one attached hydrogen (secondary N) is 1. The van der Waals surface area contributed by atoms with Crippen LogP contribution in [-0.2, 0) is 14.8 Å². The van der Waals surface area contributed by atoms with Crippen molar-refractivity contribution in [1.82, 2.24) is 14.5 Å². The van der Waals surface area contributed by atoms with Gasteiger partial charge in [0, 0.05) is 39.3 Å². The SMILES string of the molecule is COc1ccc(S(=O)(=O)N2CCN(CCNC(=O)C(C)Cl)CC2)cc1. The number of rotatable bonds is 7. The Morgan fingerprint density at radius 2 is 1.84 bits per heavy atom. The summed E-state index contributed by atoms with van der Waals surface area (Å²) < 4.78 is 31.9. The Morgan fingerprint density at radius 1 is 1.24 bits per heavy atom. The van der Waals surface area contributed by atoms with E-state index in [4.69, 9.17) is 16.3 Å². The standard InChI is InChI=1S/C16H24ClN3O4S/c1-13(17)16(21)18-7-8-19-9-11-20(12-10-19)25(22,23)15-5-3-14(24-2)4-6-15/h3-6,13H,7-12H2,1-2H3,(H,18,21). The minimum absolute atomic E-state index is 0.192. The van der Waals surface area contributed by atoms with Crippen molar-refractivity contribution >= 4 is 27.5 Å². The summed E-state index contributed by atoms with van der Waals surface area (Å²) in [6.45, 7) is 4.90. The molecule has 140 valence electrons. The summed E-state index contributed by atoms with van der Waals surface area (Å²) in [6.07, 6.45) is 0. The summed E-state index contributed by atoms with van der Waals surface area (Å²) in [5.74, 6) is 0.430. The lowest BCUT2D eigenvalue weighted by Crippen LogP contribution is -2.50. The number of hydrogen-bond donors (Lipinski definition) is 1. The molecule has 9 heteroatoms. The van der Waals surface area contributed by atoms with Gasteiger partial charge >= 0.3 is 0 Å². The summed E-state index contributed by atoms with van der Waals surface area (Å²) >= 11 is 5.69. The van der Waals surface area contributed by atoms with Crippen LogP contribution in [0.1, 0.15) is 6.92 Å². The van der Waals surface area contributed by atoms with Gasteiger partial charge in [-0.15, -0.1) is 11.6 Å². The van der Waals surface area contributed by atoms with Crippen molar-refractivity contribution in [2.45, 2.75) is 17.2 Å². The van der Waals surface area contributed by atoms with E-state index in [2.05, 4.69) is 10.2 Å². The minimum atomic E-state index is -3.49. The Balaban J connectivity index is 1.85. The van der Waals surface area contributed by atoms with E-state index in [0.29, 0.717) is 45.0 Å². The summed E-state index contributed by atoms with van der Waals surface area (Å²) in [5.41, 5.74) is 0. The molecule has 2 rings (SSSR count). The van der Waals surface area contributed by atoms with Crippen molar-refractivity contribution in [2.24, 2.45) is 0 Å². The number of benzene rings is 1. The highest BCUT2D eigenvalue weighted by molar-refractivity contribution is 7.89. The number of hydrogen-bond acceptors (Lipinski definition) is 5. The van der Waals surface area contributed by atoms with Crippen LogP contribution in [0, 0.1) is 0 Å². The largest absolute Gasteiger partial charge is 0.497 e. The Kier molecular flexibility index (Phi) is 7.06. The van der Waals surface area contributed by atoms with E-state index < -0.39 is 15.4 Å². The molecule has 1 aromatic carbocycles. The number of halogens is 1. The van der Waals surface area contributed by atoms with Gasteiger partial charge in [0.1, 0.15) is 11.1 Å². The van der Waals surface area contributed by atoms with Crippen LogP contribution in [0.3, 0.4) is 0 Å². The maximum atomic E-state index is 12.7. The van der Waals surface area contributed by atoms with E-state index in [1.54, 1.807) is 38.3 Å². The Labute approximate surface area is 153 Å². The molecule has 1 aliphatic rings. The zero-order valence-electron chi connectivity index (χ0n) is 14.4. The summed E-state index contributed by atoms with van der Waals surface area (Å²) in [5, 5.41) is 2.20. The van der Waals surface area contributed by atoms with Gasteiger partial charge in [-0.3, -0.25) is 9.69 Å². The van der Waals surface area contributed by atoms with Gasteiger partial charge in [0.15, 0.2) is 0 Å². The number of ether oxygens (including phenoxy) is 1. The molecular weight excluding hydrogens is 366 g/mol. The van der Waals surface area contributed by atoms with Crippen molar-refractivity contribution in [3.8, 4) is 5.75 Å². The summed E-state index contributed by atoms with van der Waals surface area (Å²) in [4.78, 5) is 13.8. The molecule has 0 saturated carbocycles. The molecule has 1 aliphatic heterocycles. The number of sulfonamides is 1. The highest BCUT2D eigenvalue weighted by Gasteiger charge is 2.28. The Hall–Kier alpha value is -1.35. The van der Waals surface area contributed by atoms with E-state index in [-0.39, 0.29) is 10.8 Å². The number of piperazine rings is 1. The van der Waals surface area contributed by atoms with Crippen molar-refractivity contribution in [3.05, 3.63) is 24.3 Å². The van der Waals surface area contributed by atoms with Crippen molar-refractivity contribution in [1.29, 1.82) is 0 Å². The average Bonchev–Trinajstić information content (AvgIpc) is 2.62. The van der Waals surface area contributed by atoms with Gasteiger partial charge < -0.3 is 10.1 Å². The minimum Gasteiger partial charge on any atom is -0.497 e. The van der Waals surface area contributed by atoms with Crippen molar-refractivity contribution in [3.63, 3.8) is 0 Å². The second-order valence-corrected chi connectivity index (χ2v) is 8.42. The fraction of sp³-hybridized carbons (Fsp3) is 0.562. The van der Waals surface area contributed by atoms with E-state index in [0.717, 1.165) is 0 Å². The lowest BCUT2D eigenvalue weighted by Gasteiger charge is -2.34. The van der Waals surface area contributed by atoms with E-state index in [9.17, 15) is 13.2 Å². The van der Waals surface area contributed by atoms with Crippen LogP contribution in [0.2, 0.25) is 0 Å². The third-order valence-corrected chi connectivity index (χ3v) is 6.23. The molecule has 1 amide bonds. The zero-order chi connectivity index (χ0) is 18.4. The lowest BCUT2D eigenvalue weighted by atomic mass is 10.3. The first kappa shape index (κ1) is 20.0. The van der Waals surface area contributed by atoms with Gasteiger partial charge in [0.25, 0.3) is 0 Å². The first-order chi connectivity index (χ1) is 11.8. The molecule has 1 heterocycles. The second-order valence-electron chi connectivity index (χ2n) is 5.83. The molecule has 0 radical (unpaired) electrons. The molecule has 0 spiro atoms. The molecule has 1 unspecified atom stereocenters. The van der Waals surface area contributed by atoms with Crippen LogP contribution in [-0.4, -0.2) is 75.3 Å². The number of carbonyl (C=O) groups is 1. The molecule has 1 N–H and O–H groups in total. The predicted octanol–water partition coefficient (Wildman–Crippen LogP) is 0.745. The topological polar surface area (TPSA) is 79.0 Å². The molecule has 1 atom stereocenters. The first-order valence-corrected chi connectivity index (χ1v) is 10.0. The molecule has 1 saturated heterocycles. The molecule has 1 fully saturated rings. The fourth-order valence-corrected chi connectivity index (χ4v) is 4.07. The molecule has 25 heavy (non-hydrogen) atoms. The Morgan fingerprint density at radius 3 is 2.36 bits per heavy atom. The number of methoxy groups -OCH3 is 1. The quantitative estimate of drug-likeness (QED) is 0.696. The van der Waals surface area contributed by atoms with Crippen molar-refractivity contribution in [2.75, 3.05) is 46.4 Å². The van der Waals surface area contributed by atoms with Gasteiger partial charge in [-0.25, -0.2) is 8.42 Å². The maximum Gasteiger partial charge on any atom is 0.243 e. The van der Waals surface area contributed by atoms with Crippen LogP contribution in [0.5, 0.6) is 5.75 Å².